The molecule has 0 fully saturated rings. The summed E-state index contributed by atoms with van der Waals surface area (Å²) in [4.78, 5) is 0. The standard InChI is InChI=1S/C13H18N2O3S/c1-3-15-13-7-5-4-6-11(13)12(14-15)8-10(16)9-19(2,17)18/h4-7,10,16H,3,8-9H2,1-2H3. The van der Waals surface area contributed by atoms with Gasteiger partial charge in [0, 0.05) is 24.6 Å². The van der Waals surface area contributed by atoms with Crippen molar-refractivity contribution in [2.45, 2.75) is 26.0 Å². The molecule has 1 heterocycles. The number of aryl methyl sites for hydroxylation is 1. The van der Waals surface area contributed by atoms with Crippen LogP contribution in [0.4, 0.5) is 0 Å². The van der Waals surface area contributed by atoms with E-state index in [4.69, 9.17) is 0 Å². The Balaban J connectivity index is 2.30. The molecule has 1 aromatic heterocycles. The Morgan fingerprint density at radius 1 is 1.37 bits per heavy atom. The van der Waals surface area contributed by atoms with Crippen LogP contribution in [-0.2, 0) is 22.8 Å². The summed E-state index contributed by atoms with van der Waals surface area (Å²) in [7, 11) is -3.18. The molecule has 0 bridgehead atoms. The lowest BCUT2D eigenvalue weighted by molar-refractivity contribution is 0.197. The van der Waals surface area contributed by atoms with E-state index in [0.29, 0.717) is 0 Å². The number of benzene rings is 1. The Bertz CT molecular complexity index is 676. The molecular weight excluding hydrogens is 264 g/mol. The van der Waals surface area contributed by atoms with Gasteiger partial charge in [-0.25, -0.2) is 8.42 Å². The Morgan fingerprint density at radius 2 is 2.05 bits per heavy atom. The number of nitrogens with zero attached hydrogens (tertiary/aromatic N) is 2. The highest BCUT2D eigenvalue weighted by Gasteiger charge is 2.17. The van der Waals surface area contributed by atoms with Gasteiger partial charge in [0.1, 0.15) is 9.84 Å². The first-order chi connectivity index (χ1) is 8.90. The molecule has 0 spiro atoms. The lowest BCUT2D eigenvalue weighted by Gasteiger charge is -2.07. The summed E-state index contributed by atoms with van der Waals surface area (Å²) < 4.78 is 24.2. The summed E-state index contributed by atoms with van der Waals surface area (Å²) in [6, 6.07) is 7.76. The van der Waals surface area contributed by atoms with Crippen molar-refractivity contribution in [3.05, 3.63) is 30.0 Å². The number of hydrogen-bond acceptors (Lipinski definition) is 4. The normalized spacial score (nSPS) is 13.8. The fourth-order valence-corrected chi connectivity index (χ4v) is 3.04. The van der Waals surface area contributed by atoms with Gasteiger partial charge in [0.15, 0.2) is 0 Å². The molecule has 19 heavy (non-hydrogen) atoms. The van der Waals surface area contributed by atoms with E-state index >= 15 is 0 Å². The van der Waals surface area contributed by atoms with Crippen LogP contribution in [-0.4, -0.2) is 41.4 Å². The number of aromatic nitrogens is 2. The van der Waals surface area contributed by atoms with Gasteiger partial charge in [-0.1, -0.05) is 18.2 Å². The zero-order chi connectivity index (χ0) is 14.0. The largest absolute Gasteiger partial charge is 0.392 e. The molecule has 0 aliphatic rings. The minimum atomic E-state index is -3.18. The number of sulfone groups is 1. The fraction of sp³-hybridized carbons (Fsp3) is 0.462. The monoisotopic (exact) mass is 282 g/mol. The van der Waals surface area contributed by atoms with Crippen LogP contribution in [0, 0.1) is 0 Å². The molecule has 2 aromatic rings. The van der Waals surface area contributed by atoms with Gasteiger partial charge in [0.2, 0.25) is 0 Å². The molecule has 0 aliphatic heterocycles. The second-order valence-electron chi connectivity index (χ2n) is 4.73. The number of rotatable bonds is 5. The summed E-state index contributed by atoms with van der Waals surface area (Å²) in [6.07, 6.45) is 0.457. The van der Waals surface area contributed by atoms with E-state index in [1.165, 1.54) is 0 Å². The van der Waals surface area contributed by atoms with Crippen LogP contribution < -0.4 is 0 Å². The van der Waals surface area contributed by atoms with E-state index in [-0.39, 0.29) is 12.2 Å². The molecule has 0 saturated carbocycles. The minimum absolute atomic E-state index is 0.236. The van der Waals surface area contributed by atoms with Crippen molar-refractivity contribution in [3.8, 4) is 0 Å². The summed E-state index contributed by atoms with van der Waals surface area (Å²) >= 11 is 0. The predicted octanol–water partition coefficient (Wildman–Crippen LogP) is 1.00. The van der Waals surface area contributed by atoms with Gasteiger partial charge >= 0.3 is 0 Å². The van der Waals surface area contributed by atoms with E-state index < -0.39 is 15.9 Å². The molecule has 0 amide bonds. The lowest BCUT2D eigenvalue weighted by atomic mass is 10.1. The van der Waals surface area contributed by atoms with Crippen molar-refractivity contribution in [1.82, 2.24) is 9.78 Å². The van der Waals surface area contributed by atoms with Gasteiger partial charge < -0.3 is 5.11 Å². The lowest BCUT2D eigenvalue weighted by Crippen LogP contribution is -2.22. The van der Waals surface area contributed by atoms with Crippen molar-refractivity contribution >= 4 is 20.7 Å². The molecule has 0 radical (unpaired) electrons. The molecule has 0 saturated heterocycles. The highest BCUT2D eigenvalue weighted by Crippen LogP contribution is 2.19. The van der Waals surface area contributed by atoms with Crippen LogP contribution in [0.3, 0.4) is 0 Å². The smallest absolute Gasteiger partial charge is 0.150 e. The number of para-hydroxylation sites is 1. The van der Waals surface area contributed by atoms with Crippen LogP contribution >= 0.6 is 0 Å². The molecule has 0 aliphatic carbocycles. The Kier molecular flexibility index (Phi) is 3.91. The van der Waals surface area contributed by atoms with Gasteiger partial charge in [0.05, 0.1) is 23.1 Å². The van der Waals surface area contributed by atoms with E-state index in [0.717, 1.165) is 29.4 Å². The average molecular weight is 282 g/mol. The average Bonchev–Trinajstić information content (AvgIpc) is 2.65. The fourth-order valence-electron chi connectivity index (χ4n) is 2.22. The molecule has 5 nitrogen and oxygen atoms in total. The summed E-state index contributed by atoms with van der Waals surface area (Å²) in [5.74, 6) is -0.236. The molecule has 1 atom stereocenters. The molecule has 104 valence electrons. The third kappa shape index (κ3) is 3.33. The molecule has 1 unspecified atom stereocenters. The number of aliphatic hydroxyl groups is 1. The van der Waals surface area contributed by atoms with E-state index in [9.17, 15) is 13.5 Å². The second-order valence-corrected chi connectivity index (χ2v) is 6.91. The highest BCUT2D eigenvalue weighted by atomic mass is 32.2. The van der Waals surface area contributed by atoms with E-state index in [1.54, 1.807) is 0 Å². The first-order valence-corrected chi connectivity index (χ1v) is 8.27. The van der Waals surface area contributed by atoms with E-state index in [1.807, 2.05) is 35.9 Å². The van der Waals surface area contributed by atoms with Gasteiger partial charge in [0.25, 0.3) is 0 Å². The molecular formula is C13H18N2O3S. The van der Waals surface area contributed by atoms with Crippen molar-refractivity contribution in [3.63, 3.8) is 0 Å². The topological polar surface area (TPSA) is 72.2 Å². The van der Waals surface area contributed by atoms with Gasteiger partial charge in [-0.05, 0) is 13.0 Å². The van der Waals surface area contributed by atoms with Gasteiger partial charge in [-0.3, -0.25) is 4.68 Å². The maximum atomic E-state index is 11.2. The van der Waals surface area contributed by atoms with Crippen molar-refractivity contribution < 1.29 is 13.5 Å². The zero-order valence-corrected chi connectivity index (χ0v) is 11.9. The van der Waals surface area contributed by atoms with Gasteiger partial charge in [-0.15, -0.1) is 0 Å². The Hall–Kier alpha value is -1.40. The summed E-state index contributed by atoms with van der Waals surface area (Å²) in [5.41, 5.74) is 1.75. The van der Waals surface area contributed by atoms with Crippen molar-refractivity contribution in [1.29, 1.82) is 0 Å². The predicted molar refractivity (Wildman–Crippen MR) is 74.8 cm³/mol. The number of hydrogen-bond donors (Lipinski definition) is 1. The highest BCUT2D eigenvalue weighted by molar-refractivity contribution is 7.90. The van der Waals surface area contributed by atoms with Crippen LogP contribution in [0.1, 0.15) is 12.6 Å². The zero-order valence-electron chi connectivity index (χ0n) is 11.1. The minimum Gasteiger partial charge on any atom is -0.392 e. The summed E-state index contributed by atoms with van der Waals surface area (Å²) in [6.45, 7) is 2.73. The third-order valence-electron chi connectivity index (χ3n) is 2.96. The first-order valence-electron chi connectivity index (χ1n) is 6.21. The summed E-state index contributed by atoms with van der Waals surface area (Å²) in [5, 5.41) is 15.3. The van der Waals surface area contributed by atoms with Crippen LogP contribution in [0.5, 0.6) is 0 Å². The maximum absolute atomic E-state index is 11.2. The van der Waals surface area contributed by atoms with Crippen molar-refractivity contribution in [2.75, 3.05) is 12.0 Å². The molecule has 2 rings (SSSR count). The van der Waals surface area contributed by atoms with Crippen LogP contribution in [0.15, 0.2) is 24.3 Å². The first kappa shape index (κ1) is 14.0. The quantitative estimate of drug-likeness (QED) is 0.888. The maximum Gasteiger partial charge on any atom is 0.150 e. The Morgan fingerprint density at radius 3 is 2.68 bits per heavy atom. The molecule has 6 heteroatoms. The third-order valence-corrected chi connectivity index (χ3v) is 3.95. The molecule has 1 aromatic carbocycles. The number of aliphatic hydroxyl groups excluding tert-OH is 1. The van der Waals surface area contributed by atoms with Crippen LogP contribution in [0.2, 0.25) is 0 Å². The second kappa shape index (κ2) is 5.30. The molecule has 1 N–H and O–H groups in total. The SMILES string of the molecule is CCn1nc(CC(O)CS(C)(=O)=O)c2ccccc21. The van der Waals surface area contributed by atoms with Crippen molar-refractivity contribution in [2.24, 2.45) is 0 Å². The number of fused-ring (bicyclic) bond motifs is 1. The van der Waals surface area contributed by atoms with Crippen LogP contribution in [0.25, 0.3) is 10.9 Å². The van der Waals surface area contributed by atoms with E-state index in [2.05, 4.69) is 5.10 Å². The van der Waals surface area contributed by atoms with Gasteiger partial charge in [-0.2, -0.15) is 5.10 Å². The Labute approximate surface area is 112 Å².